The van der Waals surface area contributed by atoms with E-state index >= 15 is 0 Å². The van der Waals surface area contributed by atoms with Gasteiger partial charge in [0.15, 0.2) is 5.78 Å². The van der Waals surface area contributed by atoms with Gasteiger partial charge in [-0.2, -0.15) is 16.8 Å². The summed E-state index contributed by atoms with van der Waals surface area (Å²) in [6.07, 6.45) is 6.58. The number of thiazole rings is 2. The number of nitrogens with zero attached hydrogens (tertiary/aromatic N) is 8. The molecule has 10 rings (SSSR count). The van der Waals surface area contributed by atoms with Crippen LogP contribution in [0.15, 0.2) is 84.8 Å². The van der Waals surface area contributed by atoms with Crippen molar-refractivity contribution < 1.29 is 47.5 Å². The van der Waals surface area contributed by atoms with Gasteiger partial charge in [0.05, 0.1) is 20.4 Å². The van der Waals surface area contributed by atoms with Crippen molar-refractivity contribution in [3.63, 3.8) is 0 Å². The van der Waals surface area contributed by atoms with Crippen molar-refractivity contribution in [3.05, 3.63) is 82.4 Å². The number of benzene rings is 4. The first-order valence-electron chi connectivity index (χ1n) is 19.2. The van der Waals surface area contributed by atoms with Crippen molar-refractivity contribution in [2.75, 3.05) is 36.0 Å². The molecule has 0 fully saturated rings. The summed E-state index contributed by atoms with van der Waals surface area (Å²) >= 11 is 2.66. The van der Waals surface area contributed by atoms with Gasteiger partial charge in [-0.3, -0.25) is 13.9 Å². The summed E-state index contributed by atoms with van der Waals surface area (Å²) in [6.45, 7) is 5.11. The number of azo groups is 2. The molecule has 4 aromatic carbocycles. The first-order valence-corrected chi connectivity index (χ1v) is 23.8. The Bertz CT molecular complexity index is 2950. The standard InChI is InChI=1S/C21H20N4O4S2.C19H18N4O3S2.Co/c1-12(26)13-6-7-16-18(11-13)30-21(22-16)24-23-17-10-14-4-2-8-25-9-3-5-15(19(14)25)20(17)31(27,28)29;24-28(25,26)18-13-6-4-10-23-9-3-5-12(17(13)23)11-15(18)21-22-19-20-14-7-1-2-8-16(14)27-19;/h6-7,10-11H,2-5,8-9H2,1H3,(H,27,28,29);1-2,7-8,11H,3-6,9-10H2,(H,24,25,26);. The molecular formula is C40H38CoN8O7S4. The number of Topliss-reactive ketones (excluding diaryl/α,β-unsaturated/α-hetero) is 1. The summed E-state index contributed by atoms with van der Waals surface area (Å²) in [7, 11) is -8.90. The number of carbonyl (C=O) groups is 1. The van der Waals surface area contributed by atoms with Crippen LogP contribution in [0.4, 0.5) is 33.0 Å². The van der Waals surface area contributed by atoms with Gasteiger partial charge >= 0.3 is 0 Å². The first-order chi connectivity index (χ1) is 28.3. The summed E-state index contributed by atoms with van der Waals surface area (Å²) < 4.78 is 70.8. The van der Waals surface area contributed by atoms with Crippen LogP contribution in [0.2, 0.25) is 0 Å². The zero-order valence-corrected chi connectivity index (χ0v) is 36.5. The number of carbonyl (C=O) groups excluding carboxylic acids is 1. The van der Waals surface area contributed by atoms with E-state index in [0.29, 0.717) is 45.3 Å². The fraction of sp³-hybridized carbons (Fsp3) is 0.325. The number of para-hydroxylation sites is 1. The number of aryl methyl sites for hydroxylation is 2. The van der Waals surface area contributed by atoms with E-state index in [1.165, 1.54) is 29.6 Å². The third kappa shape index (κ3) is 8.26. The largest absolute Gasteiger partial charge is 0.371 e. The maximum Gasteiger partial charge on any atom is 0.297 e. The van der Waals surface area contributed by atoms with Gasteiger partial charge in [-0.05, 0) is 123 Å². The number of fused-ring (bicyclic) bond motifs is 2. The third-order valence-corrected chi connectivity index (χ3v) is 14.7. The number of hydrogen-bond donors (Lipinski definition) is 2. The molecule has 4 aliphatic rings. The Morgan fingerprint density at radius 1 is 0.633 bits per heavy atom. The summed E-state index contributed by atoms with van der Waals surface area (Å²) in [5.41, 5.74) is 7.76. The Labute approximate surface area is 364 Å². The first kappa shape index (κ1) is 42.2. The molecule has 0 amide bonds. The molecule has 2 N–H and O–H groups in total. The van der Waals surface area contributed by atoms with Gasteiger partial charge in [0.1, 0.15) is 21.2 Å². The van der Waals surface area contributed by atoms with Gasteiger partial charge in [0, 0.05) is 59.9 Å². The summed E-state index contributed by atoms with van der Waals surface area (Å²) in [4.78, 5) is 24.6. The van der Waals surface area contributed by atoms with Crippen LogP contribution in [0.25, 0.3) is 20.4 Å². The maximum atomic E-state index is 12.3. The van der Waals surface area contributed by atoms with Gasteiger partial charge in [-0.1, -0.05) is 34.8 Å². The predicted molar refractivity (Wildman–Crippen MR) is 228 cm³/mol. The molecule has 0 aliphatic carbocycles. The van der Waals surface area contributed by atoms with Crippen LogP contribution in [0.1, 0.15) is 65.2 Å². The van der Waals surface area contributed by atoms with Crippen LogP contribution in [-0.4, -0.2) is 67.9 Å². The van der Waals surface area contributed by atoms with Crippen LogP contribution in [0.3, 0.4) is 0 Å². The second kappa shape index (κ2) is 16.7. The van der Waals surface area contributed by atoms with Gasteiger partial charge in [-0.25, -0.2) is 9.97 Å². The molecule has 1 radical (unpaired) electrons. The Kier molecular flexibility index (Phi) is 11.8. The van der Waals surface area contributed by atoms with Crippen LogP contribution in [0, 0.1) is 0 Å². The normalized spacial score (nSPS) is 16.1. The minimum Gasteiger partial charge on any atom is -0.371 e. The summed E-state index contributed by atoms with van der Waals surface area (Å²) in [5, 5.41) is 17.6. The average Bonchev–Trinajstić information content (AvgIpc) is 3.82. The van der Waals surface area contributed by atoms with E-state index in [2.05, 4.69) is 40.2 Å². The Hall–Kier alpha value is -4.54. The summed E-state index contributed by atoms with van der Waals surface area (Å²) in [5.74, 6) is -0.0339. The van der Waals surface area contributed by atoms with E-state index in [1.54, 1.807) is 30.3 Å². The molecule has 15 nitrogen and oxygen atoms in total. The van der Waals surface area contributed by atoms with Crippen molar-refractivity contribution in [1.82, 2.24) is 9.97 Å². The molecule has 0 bridgehead atoms. The van der Waals surface area contributed by atoms with E-state index in [4.69, 9.17) is 0 Å². The van der Waals surface area contributed by atoms with Crippen molar-refractivity contribution >= 4 is 102 Å². The van der Waals surface area contributed by atoms with Crippen molar-refractivity contribution in [2.45, 2.75) is 68.1 Å². The van der Waals surface area contributed by atoms with Crippen LogP contribution < -0.4 is 9.80 Å². The van der Waals surface area contributed by atoms with Crippen molar-refractivity contribution in [3.8, 4) is 0 Å². The van der Waals surface area contributed by atoms with E-state index < -0.39 is 20.2 Å². The molecule has 2 aromatic heterocycles. The molecule has 313 valence electrons. The topological polar surface area (TPSA) is 208 Å². The maximum absolute atomic E-state index is 12.3. The Balaban J connectivity index is 0.000000164. The second-order valence-electron chi connectivity index (χ2n) is 14.9. The minimum absolute atomic E-state index is 0. The Morgan fingerprint density at radius 3 is 1.58 bits per heavy atom. The van der Waals surface area contributed by atoms with E-state index in [9.17, 15) is 30.7 Å². The van der Waals surface area contributed by atoms with Gasteiger partial charge < -0.3 is 9.80 Å². The summed E-state index contributed by atoms with van der Waals surface area (Å²) in [6, 6.07) is 16.4. The SMILES string of the molecule is CC(=O)c1ccc2nc(N=Nc3cc4c5c(c3S(=O)(=O)O)CCCN5CCC4)sc2c1.O=S(=O)(O)c1c(N=Nc2nc3ccccc3s2)cc2c3c1CCCN3CCC2.[Co]. The van der Waals surface area contributed by atoms with Gasteiger partial charge in [0.2, 0.25) is 10.3 Å². The number of aromatic nitrogens is 2. The second-order valence-corrected chi connectivity index (χ2v) is 19.6. The van der Waals surface area contributed by atoms with Gasteiger partial charge in [-0.15, -0.1) is 20.5 Å². The number of rotatable bonds is 7. The molecule has 0 atom stereocenters. The van der Waals surface area contributed by atoms with Crippen molar-refractivity contribution in [1.29, 1.82) is 0 Å². The molecule has 6 aromatic rings. The monoisotopic (exact) mass is 929 g/mol. The molecule has 0 saturated carbocycles. The zero-order valence-electron chi connectivity index (χ0n) is 32.2. The van der Waals surface area contributed by atoms with Gasteiger partial charge in [0.25, 0.3) is 20.2 Å². The van der Waals surface area contributed by atoms with E-state index in [0.717, 1.165) is 102 Å². The fourth-order valence-corrected chi connectivity index (χ4v) is 12.0. The van der Waals surface area contributed by atoms with E-state index in [-0.39, 0.29) is 43.7 Å². The third-order valence-electron chi connectivity index (χ3n) is 11.0. The molecule has 20 heteroatoms. The molecule has 60 heavy (non-hydrogen) atoms. The average molecular weight is 930 g/mol. The van der Waals surface area contributed by atoms with Crippen LogP contribution >= 0.6 is 22.7 Å². The predicted octanol–water partition coefficient (Wildman–Crippen LogP) is 9.51. The molecule has 6 heterocycles. The molecule has 0 saturated heterocycles. The smallest absolute Gasteiger partial charge is 0.297 e. The zero-order chi connectivity index (χ0) is 41.1. The molecule has 0 spiro atoms. The number of anilines is 2. The minimum atomic E-state index is -4.48. The Morgan fingerprint density at radius 2 is 1.10 bits per heavy atom. The van der Waals surface area contributed by atoms with Crippen molar-refractivity contribution in [2.24, 2.45) is 20.5 Å². The van der Waals surface area contributed by atoms with Crippen LogP contribution in [0.5, 0.6) is 0 Å². The fourth-order valence-electron chi connectivity index (χ4n) is 8.62. The number of ketones is 1. The molecular weight excluding hydrogens is 892 g/mol. The molecule has 4 aliphatic heterocycles. The quantitative estimate of drug-likeness (QED) is 0.0875. The van der Waals surface area contributed by atoms with E-state index in [1.807, 2.05) is 24.3 Å². The molecule has 0 unspecified atom stereocenters. The number of hydrogen-bond acceptors (Lipinski definition) is 15. The van der Waals surface area contributed by atoms with Crippen LogP contribution in [-0.2, 0) is 62.7 Å².